The van der Waals surface area contributed by atoms with Gasteiger partial charge in [-0.2, -0.15) is 13.2 Å². The Morgan fingerprint density at radius 2 is 1.83 bits per heavy atom. The molecule has 132 valence electrons. The number of alkyl halides is 3. The molecule has 1 aliphatic rings. The first-order valence-electron chi connectivity index (χ1n) is 7.22. The fourth-order valence-corrected chi connectivity index (χ4v) is 2.43. The monoisotopic (exact) mass is 346 g/mol. The maximum atomic E-state index is 12.8. The summed E-state index contributed by atoms with van der Waals surface area (Å²) in [7, 11) is 0. The van der Waals surface area contributed by atoms with Crippen LogP contribution in [0.4, 0.5) is 13.2 Å². The molecule has 0 unspecified atom stereocenters. The molecule has 0 bridgehead atoms. The second-order valence-electron chi connectivity index (χ2n) is 5.56. The highest BCUT2D eigenvalue weighted by molar-refractivity contribution is 5.84. The standard InChI is InChI=1S/C15H17F3N2O4/c16-15(17,18)10-3-1-2-4-11(10)24-9-12(21)20-7-5-14(23,6-8-20)13(19)22/h1-4,23H,5-9H2,(H2,19,22). The minimum absolute atomic E-state index is 0.0206. The number of benzene rings is 1. The third kappa shape index (κ3) is 3.97. The van der Waals surface area contributed by atoms with E-state index in [1.165, 1.54) is 17.0 Å². The van der Waals surface area contributed by atoms with E-state index in [2.05, 4.69) is 0 Å². The number of hydrogen-bond donors (Lipinski definition) is 2. The van der Waals surface area contributed by atoms with Crippen LogP contribution in [0.15, 0.2) is 24.3 Å². The number of para-hydroxylation sites is 1. The highest BCUT2D eigenvalue weighted by Gasteiger charge is 2.39. The summed E-state index contributed by atoms with van der Waals surface area (Å²) in [5.41, 5.74) is 2.48. The number of carbonyl (C=O) groups is 2. The first-order valence-corrected chi connectivity index (χ1v) is 7.22. The van der Waals surface area contributed by atoms with Crippen LogP contribution in [0.2, 0.25) is 0 Å². The molecule has 3 N–H and O–H groups in total. The summed E-state index contributed by atoms with van der Waals surface area (Å²) in [6, 6.07) is 4.61. The average molecular weight is 346 g/mol. The number of hydrogen-bond acceptors (Lipinski definition) is 4. The maximum absolute atomic E-state index is 12.8. The Hall–Kier alpha value is -2.29. The molecule has 1 heterocycles. The fraction of sp³-hybridized carbons (Fsp3) is 0.467. The van der Waals surface area contributed by atoms with Crippen molar-refractivity contribution in [2.24, 2.45) is 5.73 Å². The van der Waals surface area contributed by atoms with Crippen molar-refractivity contribution in [3.8, 4) is 5.75 Å². The van der Waals surface area contributed by atoms with Crippen LogP contribution in [0, 0.1) is 0 Å². The van der Waals surface area contributed by atoms with Crippen molar-refractivity contribution in [1.29, 1.82) is 0 Å². The summed E-state index contributed by atoms with van der Waals surface area (Å²) in [5.74, 6) is -1.81. The predicted octanol–water partition coefficient (Wildman–Crippen LogP) is 0.923. The van der Waals surface area contributed by atoms with E-state index in [4.69, 9.17) is 10.5 Å². The van der Waals surface area contributed by atoms with Gasteiger partial charge in [-0.15, -0.1) is 0 Å². The minimum Gasteiger partial charge on any atom is -0.483 e. The number of halogens is 3. The van der Waals surface area contributed by atoms with Crippen molar-refractivity contribution >= 4 is 11.8 Å². The van der Waals surface area contributed by atoms with Crippen molar-refractivity contribution in [2.45, 2.75) is 24.6 Å². The lowest BCUT2D eigenvalue weighted by Gasteiger charge is -2.35. The third-order valence-corrected chi connectivity index (χ3v) is 3.95. The van der Waals surface area contributed by atoms with Crippen LogP contribution in [0.1, 0.15) is 18.4 Å². The molecule has 6 nitrogen and oxygen atoms in total. The molecule has 1 fully saturated rings. The van der Waals surface area contributed by atoms with E-state index >= 15 is 0 Å². The summed E-state index contributed by atoms with van der Waals surface area (Å²) in [6.07, 6.45) is -4.62. The quantitative estimate of drug-likeness (QED) is 0.848. The highest BCUT2D eigenvalue weighted by atomic mass is 19.4. The SMILES string of the molecule is NC(=O)C1(O)CCN(C(=O)COc2ccccc2C(F)(F)F)CC1. The molecule has 1 aliphatic heterocycles. The number of amides is 2. The molecule has 0 saturated carbocycles. The molecule has 2 rings (SSSR count). The lowest BCUT2D eigenvalue weighted by Crippen LogP contribution is -2.54. The summed E-state index contributed by atoms with van der Waals surface area (Å²) in [5, 5.41) is 9.91. The van der Waals surface area contributed by atoms with E-state index in [1.807, 2.05) is 0 Å². The van der Waals surface area contributed by atoms with Crippen molar-refractivity contribution in [1.82, 2.24) is 4.90 Å². The lowest BCUT2D eigenvalue weighted by atomic mass is 9.91. The Labute approximate surface area is 136 Å². The number of rotatable bonds is 4. The molecular weight excluding hydrogens is 329 g/mol. The number of likely N-dealkylation sites (tertiary alicyclic amines) is 1. The molecule has 0 atom stereocenters. The van der Waals surface area contributed by atoms with E-state index in [-0.39, 0.29) is 25.9 Å². The zero-order chi connectivity index (χ0) is 18.0. The maximum Gasteiger partial charge on any atom is 0.419 e. The van der Waals surface area contributed by atoms with Crippen molar-refractivity contribution in [3.05, 3.63) is 29.8 Å². The first-order chi connectivity index (χ1) is 11.1. The van der Waals surface area contributed by atoms with E-state index in [9.17, 15) is 27.9 Å². The topological polar surface area (TPSA) is 92.9 Å². The van der Waals surface area contributed by atoms with Gasteiger partial charge >= 0.3 is 6.18 Å². The van der Waals surface area contributed by atoms with Gasteiger partial charge in [0.1, 0.15) is 11.4 Å². The first kappa shape index (κ1) is 18.1. The summed E-state index contributed by atoms with van der Waals surface area (Å²) in [4.78, 5) is 24.5. The van der Waals surface area contributed by atoms with Crippen molar-refractivity contribution < 1.29 is 32.6 Å². The molecule has 1 aromatic carbocycles. The van der Waals surface area contributed by atoms with Gasteiger partial charge in [0.25, 0.3) is 5.91 Å². The minimum atomic E-state index is -4.58. The van der Waals surface area contributed by atoms with Gasteiger partial charge in [-0.1, -0.05) is 12.1 Å². The number of ether oxygens (including phenoxy) is 1. The Morgan fingerprint density at radius 1 is 1.25 bits per heavy atom. The van der Waals surface area contributed by atoms with E-state index in [1.54, 1.807) is 0 Å². The largest absolute Gasteiger partial charge is 0.483 e. The van der Waals surface area contributed by atoms with Gasteiger partial charge in [0.15, 0.2) is 6.61 Å². The highest BCUT2D eigenvalue weighted by Crippen LogP contribution is 2.35. The summed E-state index contributed by atoms with van der Waals surface area (Å²) >= 11 is 0. The second kappa shape index (κ2) is 6.68. The van der Waals surface area contributed by atoms with Gasteiger partial charge in [-0.3, -0.25) is 9.59 Å². The molecule has 0 radical (unpaired) electrons. The Morgan fingerprint density at radius 3 is 2.38 bits per heavy atom. The summed E-state index contributed by atoms with van der Waals surface area (Å²) in [6.45, 7) is -0.423. The van der Waals surface area contributed by atoms with Crippen LogP contribution in [0.5, 0.6) is 5.75 Å². The zero-order valence-electron chi connectivity index (χ0n) is 12.7. The molecule has 2 amide bonds. The summed E-state index contributed by atoms with van der Waals surface area (Å²) < 4.78 is 43.5. The Kier molecular flexibility index (Phi) is 5.02. The predicted molar refractivity (Wildman–Crippen MR) is 76.9 cm³/mol. The smallest absolute Gasteiger partial charge is 0.419 e. The van der Waals surface area contributed by atoms with E-state index in [0.717, 1.165) is 12.1 Å². The zero-order valence-corrected chi connectivity index (χ0v) is 12.7. The molecule has 1 saturated heterocycles. The molecule has 24 heavy (non-hydrogen) atoms. The second-order valence-corrected chi connectivity index (χ2v) is 5.56. The van der Waals surface area contributed by atoms with Gasteiger partial charge in [0, 0.05) is 25.9 Å². The Balaban J connectivity index is 1.95. The van der Waals surface area contributed by atoms with E-state index < -0.39 is 41.5 Å². The van der Waals surface area contributed by atoms with Gasteiger partial charge < -0.3 is 20.5 Å². The number of primary amides is 1. The molecule has 0 aliphatic carbocycles. The van der Waals surface area contributed by atoms with Crippen molar-refractivity contribution in [2.75, 3.05) is 19.7 Å². The Bertz CT molecular complexity index is 625. The van der Waals surface area contributed by atoms with E-state index in [0.29, 0.717) is 0 Å². The van der Waals surface area contributed by atoms with Gasteiger partial charge in [-0.25, -0.2) is 0 Å². The lowest BCUT2D eigenvalue weighted by molar-refractivity contribution is -0.148. The van der Waals surface area contributed by atoms with Crippen LogP contribution >= 0.6 is 0 Å². The van der Waals surface area contributed by atoms with Crippen LogP contribution < -0.4 is 10.5 Å². The number of nitrogens with zero attached hydrogens (tertiary/aromatic N) is 1. The fourth-order valence-electron chi connectivity index (χ4n) is 2.43. The van der Waals surface area contributed by atoms with Crippen LogP contribution in [-0.4, -0.2) is 47.1 Å². The number of aliphatic hydroxyl groups is 1. The average Bonchev–Trinajstić information content (AvgIpc) is 2.52. The number of nitrogens with two attached hydrogens (primary N) is 1. The number of carbonyl (C=O) groups excluding carboxylic acids is 2. The molecule has 1 aromatic rings. The van der Waals surface area contributed by atoms with Gasteiger partial charge in [0.05, 0.1) is 5.56 Å². The van der Waals surface area contributed by atoms with Gasteiger partial charge in [0.2, 0.25) is 5.91 Å². The van der Waals surface area contributed by atoms with Gasteiger partial charge in [-0.05, 0) is 12.1 Å². The molecular formula is C15H17F3N2O4. The third-order valence-electron chi connectivity index (χ3n) is 3.95. The molecule has 9 heteroatoms. The van der Waals surface area contributed by atoms with Crippen LogP contribution in [0.25, 0.3) is 0 Å². The van der Waals surface area contributed by atoms with Crippen molar-refractivity contribution in [3.63, 3.8) is 0 Å². The van der Waals surface area contributed by atoms with Crippen LogP contribution in [-0.2, 0) is 15.8 Å². The molecule has 0 spiro atoms. The molecule has 0 aromatic heterocycles. The number of piperidine rings is 1. The normalized spacial score (nSPS) is 17.4. The van der Waals surface area contributed by atoms with Crippen LogP contribution in [0.3, 0.4) is 0 Å².